The average Bonchev–Trinajstić information content (AvgIpc) is 3.34. The van der Waals surface area contributed by atoms with Crippen molar-refractivity contribution in [3.8, 4) is 5.75 Å². The number of rotatable bonds is 6. The van der Waals surface area contributed by atoms with Crippen LogP contribution in [0.2, 0.25) is 0 Å². The Balaban J connectivity index is 1.29. The lowest BCUT2D eigenvalue weighted by Crippen LogP contribution is -2.41. The summed E-state index contributed by atoms with van der Waals surface area (Å²) in [5, 5.41) is 26.0. The number of aliphatic hydroxyl groups is 2. The maximum atomic E-state index is 12.8. The van der Waals surface area contributed by atoms with Crippen LogP contribution in [0.4, 0.5) is 16.2 Å². The molecule has 32 heavy (non-hydrogen) atoms. The molecule has 2 aromatic rings. The highest BCUT2D eigenvalue weighted by molar-refractivity contribution is 5.95. The first-order valence-corrected chi connectivity index (χ1v) is 10.5. The van der Waals surface area contributed by atoms with Gasteiger partial charge in [-0.15, -0.1) is 0 Å². The number of aliphatic hydroxyl groups excluding tert-OH is 2. The Morgan fingerprint density at radius 3 is 2.72 bits per heavy atom. The Labute approximate surface area is 185 Å². The second-order valence-electron chi connectivity index (χ2n) is 7.89. The summed E-state index contributed by atoms with van der Waals surface area (Å²) in [6.45, 7) is 0.560. The fraction of sp³-hybridized carbons (Fsp3) is 0.391. The van der Waals surface area contributed by atoms with Gasteiger partial charge in [-0.1, -0.05) is 24.3 Å². The van der Waals surface area contributed by atoms with E-state index in [1.807, 2.05) is 24.3 Å². The Kier molecular flexibility index (Phi) is 6.59. The monoisotopic (exact) mass is 441 g/mol. The van der Waals surface area contributed by atoms with Crippen LogP contribution in [-0.4, -0.2) is 66.8 Å². The number of carbonyl (C=O) groups is 2. The first-order chi connectivity index (χ1) is 15.5. The van der Waals surface area contributed by atoms with Gasteiger partial charge in [-0.2, -0.15) is 0 Å². The molecule has 4 rings (SSSR count). The fourth-order valence-electron chi connectivity index (χ4n) is 4.11. The predicted octanol–water partition coefficient (Wildman–Crippen LogP) is 1.29. The summed E-state index contributed by atoms with van der Waals surface area (Å²) in [6.07, 6.45) is -3.38. The van der Waals surface area contributed by atoms with Crippen LogP contribution in [0.5, 0.6) is 5.75 Å². The zero-order valence-electron chi connectivity index (χ0n) is 17.7. The van der Waals surface area contributed by atoms with Crippen LogP contribution in [0.15, 0.2) is 48.5 Å². The van der Waals surface area contributed by atoms with Crippen molar-refractivity contribution in [3.05, 3.63) is 54.1 Å². The van der Waals surface area contributed by atoms with Crippen LogP contribution < -0.4 is 20.3 Å². The summed E-state index contributed by atoms with van der Waals surface area (Å²) in [4.78, 5) is 26.7. The number of hydrogen-bond donors (Lipinski definition) is 4. The molecule has 2 aliphatic rings. The second kappa shape index (κ2) is 9.56. The molecule has 0 radical (unpaired) electrons. The zero-order chi connectivity index (χ0) is 22.7. The molecule has 0 spiro atoms. The number of fused-ring (bicyclic) bond motifs is 1. The molecule has 4 N–H and O–H groups in total. The molecule has 0 aromatic heterocycles. The topological polar surface area (TPSA) is 120 Å². The molecular weight excluding hydrogens is 414 g/mol. The average molecular weight is 441 g/mol. The third-order valence-electron chi connectivity index (χ3n) is 5.82. The number of methoxy groups -OCH3 is 1. The molecule has 0 saturated carbocycles. The smallest absolute Gasteiger partial charge is 0.319 e. The molecule has 2 heterocycles. The minimum atomic E-state index is -1.22. The maximum absolute atomic E-state index is 12.8. The molecule has 2 aromatic carbocycles. The zero-order valence-corrected chi connectivity index (χ0v) is 17.7. The molecule has 4 atom stereocenters. The van der Waals surface area contributed by atoms with E-state index in [1.165, 1.54) is 7.11 Å². The number of para-hydroxylation sites is 1. The van der Waals surface area contributed by atoms with Gasteiger partial charge in [0, 0.05) is 30.5 Å². The van der Waals surface area contributed by atoms with Gasteiger partial charge in [0.05, 0.1) is 19.6 Å². The standard InChI is InChI=1S/C23H27N3O6/c1-31-16-7-4-6-15(11-16)25-23(30)24-13-19-22(29)21(28)18(32-19)12-20(27)26-10-9-14-5-2-3-8-17(14)26/h2-8,11,18-19,21-22,28-29H,9-10,12-13H2,1H3,(H2,24,25,30)/t18-,19-,21-,22+/m0/s1. The molecule has 0 bridgehead atoms. The van der Waals surface area contributed by atoms with E-state index in [9.17, 15) is 19.8 Å². The lowest BCUT2D eigenvalue weighted by Gasteiger charge is -2.21. The molecule has 9 nitrogen and oxygen atoms in total. The highest BCUT2D eigenvalue weighted by Gasteiger charge is 2.44. The van der Waals surface area contributed by atoms with Crippen LogP contribution >= 0.6 is 0 Å². The van der Waals surface area contributed by atoms with Gasteiger partial charge in [-0.3, -0.25) is 4.79 Å². The van der Waals surface area contributed by atoms with Crippen LogP contribution in [-0.2, 0) is 16.0 Å². The summed E-state index contributed by atoms with van der Waals surface area (Å²) in [6, 6.07) is 14.1. The van der Waals surface area contributed by atoms with Crippen molar-refractivity contribution >= 4 is 23.3 Å². The van der Waals surface area contributed by atoms with E-state index >= 15 is 0 Å². The van der Waals surface area contributed by atoms with E-state index in [2.05, 4.69) is 10.6 Å². The van der Waals surface area contributed by atoms with Gasteiger partial charge in [0.2, 0.25) is 5.91 Å². The number of hydrogen-bond acceptors (Lipinski definition) is 6. The number of benzene rings is 2. The maximum Gasteiger partial charge on any atom is 0.319 e. The van der Waals surface area contributed by atoms with Gasteiger partial charge >= 0.3 is 6.03 Å². The largest absolute Gasteiger partial charge is 0.497 e. The third kappa shape index (κ3) is 4.69. The van der Waals surface area contributed by atoms with Gasteiger partial charge in [0.15, 0.2) is 0 Å². The minimum Gasteiger partial charge on any atom is -0.497 e. The number of urea groups is 1. The first kappa shape index (κ1) is 22.1. The van der Waals surface area contributed by atoms with Crippen molar-refractivity contribution in [2.75, 3.05) is 30.4 Å². The Bertz CT molecular complexity index is 984. The predicted molar refractivity (Wildman–Crippen MR) is 118 cm³/mol. The van der Waals surface area contributed by atoms with Crippen molar-refractivity contribution in [3.63, 3.8) is 0 Å². The third-order valence-corrected chi connectivity index (χ3v) is 5.82. The lowest BCUT2D eigenvalue weighted by molar-refractivity contribution is -0.122. The van der Waals surface area contributed by atoms with E-state index in [-0.39, 0.29) is 18.9 Å². The lowest BCUT2D eigenvalue weighted by atomic mass is 10.0. The van der Waals surface area contributed by atoms with Crippen molar-refractivity contribution in [2.24, 2.45) is 0 Å². The van der Waals surface area contributed by atoms with Gasteiger partial charge in [0.1, 0.15) is 24.1 Å². The second-order valence-corrected chi connectivity index (χ2v) is 7.89. The summed E-state index contributed by atoms with van der Waals surface area (Å²) < 4.78 is 10.9. The Morgan fingerprint density at radius 1 is 1.12 bits per heavy atom. The van der Waals surface area contributed by atoms with Crippen LogP contribution in [0.1, 0.15) is 12.0 Å². The molecule has 0 unspecified atom stereocenters. The Morgan fingerprint density at radius 2 is 1.91 bits per heavy atom. The fourth-order valence-corrected chi connectivity index (χ4v) is 4.11. The van der Waals surface area contributed by atoms with Crippen molar-refractivity contribution < 1.29 is 29.3 Å². The van der Waals surface area contributed by atoms with Crippen LogP contribution in [0.25, 0.3) is 0 Å². The number of anilines is 2. The summed E-state index contributed by atoms with van der Waals surface area (Å²) in [7, 11) is 1.53. The molecule has 0 aliphatic carbocycles. The molecule has 3 amide bonds. The summed E-state index contributed by atoms with van der Waals surface area (Å²) in [5.74, 6) is 0.434. The summed E-state index contributed by atoms with van der Waals surface area (Å²) >= 11 is 0. The molecule has 170 valence electrons. The van der Waals surface area contributed by atoms with E-state index in [0.717, 1.165) is 17.7 Å². The quantitative estimate of drug-likeness (QED) is 0.536. The van der Waals surface area contributed by atoms with Crippen molar-refractivity contribution in [1.82, 2.24) is 5.32 Å². The van der Waals surface area contributed by atoms with Crippen LogP contribution in [0, 0.1) is 0 Å². The van der Waals surface area contributed by atoms with Gasteiger partial charge in [0.25, 0.3) is 0 Å². The molecular formula is C23H27N3O6. The highest BCUT2D eigenvalue weighted by Crippen LogP contribution is 2.30. The highest BCUT2D eigenvalue weighted by atomic mass is 16.5. The van der Waals surface area contributed by atoms with E-state index < -0.39 is 30.4 Å². The summed E-state index contributed by atoms with van der Waals surface area (Å²) in [5.41, 5.74) is 2.53. The normalized spacial score (nSPS) is 24.2. The van der Waals surface area contributed by atoms with Crippen LogP contribution in [0.3, 0.4) is 0 Å². The molecule has 9 heteroatoms. The van der Waals surface area contributed by atoms with E-state index in [0.29, 0.717) is 18.0 Å². The number of amides is 3. The first-order valence-electron chi connectivity index (χ1n) is 10.5. The van der Waals surface area contributed by atoms with Gasteiger partial charge in [-0.05, 0) is 30.2 Å². The minimum absolute atomic E-state index is 0.0226. The number of ether oxygens (including phenoxy) is 2. The van der Waals surface area contributed by atoms with E-state index in [1.54, 1.807) is 29.2 Å². The molecule has 1 fully saturated rings. The number of carbonyl (C=O) groups excluding carboxylic acids is 2. The molecule has 1 saturated heterocycles. The van der Waals surface area contributed by atoms with Crippen molar-refractivity contribution in [1.29, 1.82) is 0 Å². The number of nitrogens with zero attached hydrogens (tertiary/aromatic N) is 1. The van der Waals surface area contributed by atoms with E-state index in [4.69, 9.17) is 9.47 Å². The van der Waals surface area contributed by atoms with Crippen molar-refractivity contribution in [2.45, 2.75) is 37.3 Å². The Hall–Kier alpha value is -3.14. The van der Waals surface area contributed by atoms with Gasteiger partial charge < -0.3 is 35.2 Å². The number of nitrogens with one attached hydrogen (secondary N) is 2. The van der Waals surface area contributed by atoms with Gasteiger partial charge in [-0.25, -0.2) is 4.79 Å². The molecule has 2 aliphatic heterocycles. The SMILES string of the molecule is COc1cccc(NC(=O)NC[C@@H]2O[C@@H](CC(=O)N3CCc4ccccc43)[C@H](O)[C@@H]2O)c1.